The van der Waals surface area contributed by atoms with Gasteiger partial charge in [-0.25, -0.2) is 4.39 Å². The Hall–Kier alpha value is -5.51. The molecule has 12 nitrogen and oxygen atoms in total. The number of esters is 3. The number of nitrogens with zero attached hydrogens (tertiary/aromatic N) is 2. The Bertz CT molecular complexity index is 2120. The van der Waals surface area contributed by atoms with Crippen molar-refractivity contribution in [3.8, 4) is 11.5 Å². The van der Waals surface area contributed by atoms with E-state index in [-0.39, 0.29) is 41.4 Å². The molecule has 0 amide bonds. The second kappa shape index (κ2) is 28.5. The van der Waals surface area contributed by atoms with Crippen molar-refractivity contribution in [3.05, 3.63) is 82.7 Å². The number of rotatable bonds is 12. The van der Waals surface area contributed by atoms with Crippen LogP contribution >= 0.6 is 0 Å². The highest BCUT2D eigenvalue weighted by Gasteiger charge is 2.35. The van der Waals surface area contributed by atoms with Crippen molar-refractivity contribution in [2.45, 2.75) is 84.4 Å². The van der Waals surface area contributed by atoms with E-state index < -0.39 is 41.0 Å². The first-order valence-electron chi connectivity index (χ1n) is 23.2. The van der Waals surface area contributed by atoms with Crippen molar-refractivity contribution < 1.29 is 82.0 Å². The largest absolute Gasteiger partial charge is 0.495 e. The van der Waals surface area contributed by atoms with Gasteiger partial charge in [-0.1, -0.05) is 6.07 Å². The summed E-state index contributed by atoms with van der Waals surface area (Å²) in [5.41, 5.74) is -0.567. The summed E-state index contributed by atoms with van der Waals surface area (Å²) in [6.45, 7) is 11.0. The van der Waals surface area contributed by atoms with Gasteiger partial charge in [0.05, 0.1) is 74.2 Å². The van der Waals surface area contributed by atoms with E-state index >= 15 is 0 Å². The van der Waals surface area contributed by atoms with Gasteiger partial charge in [0, 0.05) is 38.4 Å². The van der Waals surface area contributed by atoms with Crippen molar-refractivity contribution in [3.63, 3.8) is 0 Å². The van der Waals surface area contributed by atoms with E-state index in [4.69, 9.17) is 18.9 Å². The molecule has 3 aliphatic rings. The smallest absolute Gasteiger partial charge is 0.416 e. The summed E-state index contributed by atoms with van der Waals surface area (Å²) in [5.74, 6) is -1.49. The van der Waals surface area contributed by atoms with Crippen molar-refractivity contribution in [1.82, 2.24) is 10.6 Å². The Morgan fingerprint density at radius 3 is 1.31 bits per heavy atom. The molecule has 0 bridgehead atoms. The summed E-state index contributed by atoms with van der Waals surface area (Å²) in [5, 5.41) is 6.19. The van der Waals surface area contributed by atoms with Crippen LogP contribution in [-0.4, -0.2) is 98.3 Å². The second-order valence-electron chi connectivity index (χ2n) is 16.4. The van der Waals surface area contributed by atoms with Crippen LogP contribution in [0.3, 0.4) is 0 Å². The van der Waals surface area contributed by atoms with Gasteiger partial charge in [0.2, 0.25) is 0 Å². The molecule has 3 saturated heterocycles. The number of piperidine rings is 3. The van der Waals surface area contributed by atoms with Crippen LogP contribution in [0.15, 0.2) is 54.6 Å². The summed E-state index contributed by atoms with van der Waals surface area (Å²) in [6.07, 6.45) is -9.14. The zero-order chi connectivity index (χ0) is 52.9. The minimum absolute atomic E-state index is 0.0194. The molecule has 0 spiro atoms. The number of methoxy groups -OCH3 is 2. The molecule has 0 aromatic heterocycles. The van der Waals surface area contributed by atoms with Crippen LogP contribution in [0.25, 0.3) is 0 Å². The summed E-state index contributed by atoms with van der Waals surface area (Å²) in [4.78, 5) is 38.4. The average molecular weight is 1030 g/mol. The molecule has 22 heteroatoms. The fourth-order valence-electron chi connectivity index (χ4n) is 7.88. The maximum atomic E-state index is 13.0. The summed E-state index contributed by atoms with van der Waals surface area (Å²) >= 11 is 0. The van der Waals surface area contributed by atoms with Gasteiger partial charge in [0.25, 0.3) is 0 Å². The predicted molar refractivity (Wildman–Crippen MR) is 246 cm³/mol. The van der Waals surface area contributed by atoms with E-state index in [2.05, 4.69) is 15.4 Å². The Kier molecular flexibility index (Phi) is 24.0. The lowest BCUT2D eigenvalue weighted by atomic mass is 9.95. The van der Waals surface area contributed by atoms with E-state index in [0.717, 1.165) is 61.8 Å². The molecule has 0 unspecified atom stereocenters. The third-order valence-corrected chi connectivity index (χ3v) is 11.6. The minimum atomic E-state index is -4.52. The zero-order valence-corrected chi connectivity index (χ0v) is 40.7. The molecule has 0 atom stereocenters. The number of hydrogen-bond donors (Lipinski definition) is 2. The first-order chi connectivity index (χ1) is 33.5. The molecule has 2 N–H and O–H groups in total. The number of hydrogen-bond acceptors (Lipinski definition) is 12. The molecule has 3 aliphatic heterocycles. The number of nitrogens with one attached hydrogen (secondary N) is 2. The summed E-state index contributed by atoms with van der Waals surface area (Å²) < 4.78 is 151. The molecule has 0 aliphatic carbocycles. The van der Waals surface area contributed by atoms with Crippen LogP contribution in [0.1, 0.15) is 81.5 Å². The molecular weight excluding hydrogens is 963 g/mol. The third kappa shape index (κ3) is 18.9. The number of halogens is 10. The molecule has 6 rings (SSSR count). The lowest BCUT2D eigenvalue weighted by Crippen LogP contribution is -2.37. The monoisotopic (exact) mass is 1030 g/mol. The maximum absolute atomic E-state index is 13.0. The van der Waals surface area contributed by atoms with Crippen LogP contribution in [-0.2, 0) is 53.7 Å². The summed E-state index contributed by atoms with van der Waals surface area (Å²) in [7, 11) is 4.37. The van der Waals surface area contributed by atoms with Crippen molar-refractivity contribution in [2.75, 3.05) is 90.2 Å². The lowest BCUT2D eigenvalue weighted by molar-refractivity contribution is -0.149. The van der Waals surface area contributed by atoms with Crippen molar-refractivity contribution in [2.24, 2.45) is 17.8 Å². The molecule has 3 fully saturated rings. The molecule has 3 aromatic carbocycles. The number of carbonyl (C=O) groups is 3. The molecule has 0 saturated carbocycles. The normalized spacial score (nSPS) is 15.9. The van der Waals surface area contributed by atoms with Gasteiger partial charge in [0.15, 0.2) is 11.6 Å². The fraction of sp³-hybridized carbons (Fsp3) is 0.571. The number of ether oxygens (including phenoxy) is 5. The SMILES string of the molecule is CCOC(=O)C1CCN(c2cc(C(F)(F)F)ccc2CNC)CC1.CCOC(=O)C1CCN(c2cc(C(F)(F)F)ccc2OC)CC1.CCOC(=O)C1CCNCC1.COc1ccc(C(F)(F)F)cc1F. The Balaban J connectivity index is 0.000000263. The first-order valence-corrected chi connectivity index (χ1v) is 23.2. The molecular formula is C49H64F10N4O8. The van der Waals surface area contributed by atoms with Crippen molar-refractivity contribution >= 4 is 29.3 Å². The molecule has 3 aromatic rings. The lowest BCUT2D eigenvalue weighted by Gasteiger charge is -2.34. The Morgan fingerprint density at radius 1 is 0.563 bits per heavy atom. The van der Waals surface area contributed by atoms with Gasteiger partial charge in [-0.3, -0.25) is 14.4 Å². The number of alkyl halides is 9. The average Bonchev–Trinajstić information content (AvgIpc) is 3.34. The fourth-order valence-corrected chi connectivity index (χ4v) is 7.88. The van der Waals surface area contributed by atoms with E-state index in [9.17, 15) is 58.3 Å². The van der Waals surface area contributed by atoms with Gasteiger partial charge < -0.3 is 44.1 Å². The predicted octanol–water partition coefficient (Wildman–Crippen LogP) is 10.1. The van der Waals surface area contributed by atoms with Gasteiger partial charge >= 0.3 is 36.4 Å². The second-order valence-corrected chi connectivity index (χ2v) is 16.4. The maximum Gasteiger partial charge on any atom is 0.416 e. The van der Waals surface area contributed by atoms with Crippen LogP contribution in [0.5, 0.6) is 11.5 Å². The molecule has 3 heterocycles. The van der Waals surface area contributed by atoms with Gasteiger partial charge in [-0.15, -0.1) is 0 Å². The van der Waals surface area contributed by atoms with Crippen LogP contribution in [0.2, 0.25) is 0 Å². The van der Waals surface area contributed by atoms with Gasteiger partial charge in [0.1, 0.15) is 5.75 Å². The van der Waals surface area contributed by atoms with E-state index in [1.807, 2.05) is 16.7 Å². The highest BCUT2D eigenvalue weighted by atomic mass is 19.4. The van der Waals surface area contributed by atoms with Crippen molar-refractivity contribution in [1.29, 1.82) is 0 Å². The van der Waals surface area contributed by atoms with Crippen LogP contribution in [0.4, 0.5) is 55.3 Å². The number of anilines is 2. The van der Waals surface area contributed by atoms with Gasteiger partial charge in [-0.2, -0.15) is 39.5 Å². The Morgan fingerprint density at radius 2 is 0.930 bits per heavy atom. The summed E-state index contributed by atoms with van der Waals surface area (Å²) in [6, 6.07) is 9.39. The molecule has 71 heavy (non-hydrogen) atoms. The standard InChI is InChI=1S/C17H23F3N2O2.C16H20F3NO3.C8H6F4O.C8H15NO2/c1-3-24-16(23)12-6-8-22(9-7-12)15-10-14(17(18,19)20)5-4-13(15)11-21-2;1-3-23-15(21)11-6-8-20(9-7-11)13-10-12(16(17,18)19)4-5-14(13)22-2;1-13-7-3-2-5(4-6(7)9)8(10,11)12;1-2-11-8(10)7-3-5-9-6-4-7/h4-5,10,12,21H,3,6-9,11H2,1-2H3;4-5,10-11H,3,6-9H2,1-2H3;2-4H,1H3;7,9H,2-6H2,1H3. The molecule has 0 radical (unpaired) electrons. The number of carbonyl (C=O) groups excluding carboxylic acids is 3. The topological polar surface area (TPSA) is 128 Å². The number of benzene rings is 3. The van der Waals surface area contributed by atoms with E-state index in [1.165, 1.54) is 32.4 Å². The van der Waals surface area contributed by atoms with Crippen LogP contribution < -0.4 is 29.9 Å². The quantitative estimate of drug-likeness (QED) is 0.102. The Labute approximate surface area is 407 Å². The first kappa shape index (κ1) is 59.8. The van der Waals surface area contributed by atoms with E-state index in [0.29, 0.717) is 101 Å². The van der Waals surface area contributed by atoms with Gasteiger partial charge in [-0.05, 0) is 134 Å². The molecule has 398 valence electrons. The highest BCUT2D eigenvalue weighted by molar-refractivity contribution is 5.74. The minimum Gasteiger partial charge on any atom is -0.495 e. The third-order valence-electron chi connectivity index (χ3n) is 11.6. The van der Waals surface area contributed by atoms with Crippen LogP contribution in [0, 0.1) is 23.6 Å². The van der Waals surface area contributed by atoms with E-state index in [1.54, 1.807) is 20.9 Å². The highest BCUT2D eigenvalue weighted by Crippen LogP contribution is 2.39. The zero-order valence-electron chi connectivity index (χ0n) is 40.7.